The van der Waals surface area contributed by atoms with Gasteiger partial charge < -0.3 is 26.2 Å². The third-order valence-electron chi connectivity index (χ3n) is 5.84. The summed E-state index contributed by atoms with van der Waals surface area (Å²) < 4.78 is 0.590. The quantitative estimate of drug-likeness (QED) is 0.403. The van der Waals surface area contributed by atoms with Crippen LogP contribution < -0.4 is 16.0 Å². The van der Waals surface area contributed by atoms with Gasteiger partial charge in [0.15, 0.2) is 0 Å². The number of carbonyl (C=O) groups excluding carboxylic acids is 2. The van der Waals surface area contributed by atoms with Gasteiger partial charge in [-0.3, -0.25) is 9.59 Å². The number of carboxylic acid groups (broad SMARTS) is 1. The van der Waals surface area contributed by atoms with E-state index >= 15 is 0 Å². The largest absolute Gasteiger partial charge is 0.508 e. The van der Waals surface area contributed by atoms with Crippen LogP contribution in [0.3, 0.4) is 0 Å². The molecule has 0 aliphatic heterocycles. The molecule has 0 radical (unpaired) electrons. The van der Waals surface area contributed by atoms with E-state index < -0.39 is 23.8 Å². The van der Waals surface area contributed by atoms with Gasteiger partial charge in [-0.1, -0.05) is 12.1 Å². The predicted octanol–water partition coefficient (Wildman–Crippen LogP) is 3.01. The molecule has 3 amide bonds. The minimum Gasteiger partial charge on any atom is -0.508 e. The van der Waals surface area contributed by atoms with Crippen molar-refractivity contribution in [2.75, 3.05) is 5.32 Å². The molecular formula is C22H20N4O5S. The highest BCUT2D eigenvalue weighted by atomic mass is 32.1. The molecule has 0 bridgehead atoms. The van der Waals surface area contributed by atoms with Gasteiger partial charge in [0.2, 0.25) is 0 Å². The number of aliphatic carboxylic acids is 1. The topological polar surface area (TPSA) is 141 Å². The summed E-state index contributed by atoms with van der Waals surface area (Å²) in [6, 6.07) is 7.19. The number of fused-ring (bicyclic) bond motifs is 2. The van der Waals surface area contributed by atoms with E-state index in [1.54, 1.807) is 29.8 Å². The van der Waals surface area contributed by atoms with Crippen LogP contribution in [0.4, 0.5) is 10.5 Å². The van der Waals surface area contributed by atoms with Gasteiger partial charge in [0.1, 0.15) is 11.3 Å². The van der Waals surface area contributed by atoms with Crippen LogP contribution in [0.1, 0.15) is 40.4 Å². The Bertz CT molecular complexity index is 1250. The summed E-state index contributed by atoms with van der Waals surface area (Å²) in [5.41, 5.74) is 4.06. The number of benzene rings is 2. The van der Waals surface area contributed by atoms with Crippen LogP contribution in [0, 0.1) is 5.92 Å². The zero-order valence-electron chi connectivity index (χ0n) is 16.8. The second-order valence-electron chi connectivity index (χ2n) is 8.01. The normalized spacial score (nSPS) is 19.4. The molecule has 1 saturated carbocycles. The minimum absolute atomic E-state index is 0.0234. The highest BCUT2D eigenvalue weighted by Crippen LogP contribution is 2.41. The van der Waals surface area contributed by atoms with Crippen molar-refractivity contribution in [2.45, 2.75) is 31.3 Å². The first-order chi connectivity index (χ1) is 15.4. The first-order valence-electron chi connectivity index (χ1n) is 10.2. The Kier molecular flexibility index (Phi) is 4.93. The van der Waals surface area contributed by atoms with Crippen LogP contribution in [0.2, 0.25) is 0 Å². The van der Waals surface area contributed by atoms with Crippen molar-refractivity contribution in [1.29, 1.82) is 0 Å². The van der Waals surface area contributed by atoms with Gasteiger partial charge in [-0.15, -0.1) is 11.3 Å². The average molecular weight is 452 g/mol. The monoisotopic (exact) mass is 452 g/mol. The first kappa shape index (κ1) is 20.3. The molecule has 1 aromatic heterocycles. The standard InChI is InChI=1S/C22H20N4O5S/c27-16-3-1-2-11-13(16)8-14(21(29)30)17(11)26-20(28)12-6-7-15(18-19(12)32-9-23-18)25-22(31)24-10-4-5-10/h1-3,6-7,9-10,14,17,27H,4-5,8H2,(H,26,28)(H,29,30)(H2,24,25,31). The number of phenols is 1. The van der Waals surface area contributed by atoms with E-state index in [0.717, 1.165) is 12.8 Å². The maximum Gasteiger partial charge on any atom is 0.319 e. The summed E-state index contributed by atoms with van der Waals surface area (Å²) in [5.74, 6) is -2.35. The highest BCUT2D eigenvalue weighted by molar-refractivity contribution is 7.17. The van der Waals surface area contributed by atoms with E-state index in [0.29, 0.717) is 32.6 Å². The molecule has 5 N–H and O–H groups in total. The number of carboxylic acids is 1. The molecule has 32 heavy (non-hydrogen) atoms. The molecule has 2 aliphatic rings. The number of rotatable bonds is 5. The van der Waals surface area contributed by atoms with Gasteiger partial charge in [-0.05, 0) is 43.0 Å². The Morgan fingerprint density at radius 1 is 1.09 bits per heavy atom. The van der Waals surface area contributed by atoms with Crippen LogP contribution >= 0.6 is 11.3 Å². The van der Waals surface area contributed by atoms with Crippen LogP contribution in [-0.2, 0) is 11.2 Å². The lowest BCUT2D eigenvalue weighted by molar-refractivity contribution is -0.142. The number of amides is 3. The second kappa shape index (κ2) is 7.79. The molecule has 2 aliphatic carbocycles. The summed E-state index contributed by atoms with van der Waals surface area (Å²) in [6.07, 6.45) is 2.08. The number of aromatic nitrogens is 1. The van der Waals surface area contributed by atoms with Crippen LogP contribution in [-0.4, -0.2) is 39.1 Å². The third-order valence-corrected chi connectivity index (χ3v) is 6.70. The van der Waals surface area contributed by atoms with Gasteiger partial charge in [0.05, 0.1) is 33.4 Å². The summed E-state index contributed by atoms with van der Waals surface area (Å²) in [4.78, 5) is 41.4. The lowest BCUT2D eigenvalue weighted by atomic mass is 10.00. The summed E-state index contributed by atoms with van der Waals surface area (Å²) >= 11 is 1.26. The second-order valence-corrected chi connectivity index (χ2v) is 8.86. The number of nitrogens with one attached hydrogen (secondary N) is 3. The number of thiazole rings is 1. The summed E-state index contributed by atoms with van der Waals surface area (Å²) in [6.45, 7) is 0. The smallest absolute Gasteiger partial charge is 0.319 e. The van der Waals surface area contributed by atoms with Gasteiger partial charge in [0.25, 0.3) is 5.91 Å². The van der Waals surface area contributed by atoms with Gasteiger partial charge in [-0.25, -0.2) is 9.78 Å². The maximum atomic E-state index is 13.2. The van der Waals surface area contributed by atoms with E-state index in [-0.39, 0.29) is 24.2 Å². The predicted molar refractivity (Wildman–Crippen MR) is 118 cm³/mol. The Morgan fingerprint density at radius 3 is 2.66 bits per heavy atom. The van der Waals surface area contributed by atoms with E-state index in [1.165, 1.54) is 17.4 Å². The number of phenolic OH excluding ortho intramolecular Hbond substituents is 1. The van der Waals surface area contributed by atoms with E-state index in [9.17, 15) is 24.6 Å². The van der Waals surface area contributed by atoms with E-state index in [4.69, 9.17) is 0 Å². The SMILES string of the molecule is O=C(Nc1ccc(C(=O)NC2c3cccc(O)c3CC2C(=O)O)c2scnc12)NC1CC1. The molecular weight excluding hydrogens is 432 g/mol. The van der Waals surface area contributed by atoms with Crippen molar-refractivity contribution >= 4 is 45.1 Å². The van der Waals surface area contributed by atoms with Gasteiger partial charge >= 0.3 is 12.0 Å². The van der Waals surface area contributed by atoms with Crippen LogP contribution in [0.25, 0.3) is 10.2 Å². The molecule has 9 nitrogen and oxygen atoms in total. The van der Waals surface area contributed by atoms with E-state index in [2.05, 4.69) is 20.9 Å². The fourth-order valence-electron chi connectivity index (χ4n) is 4.09. The van der Waals surface area contributed by atoms with E-state index in [1.807, 2.05) is 0 Å². The fourth-order valence-corrected chi connectivity index (χ4v) is 4.91. The van der Waals surface area contributed by atoms with Crippen molar-refractivity contribution < 1.29 is 24.6 Å². The molecule has 1 fully saturated rings. The third kappa shape index (κ3) is 3.62. The number of anilines is 1. The lowest BCUT2D eigenvalue weighted by Crippen LogP contribution is -2.34. The first-order valence-corrected chi connectivity index (χ1v) is 11.1. The number of hydrogen-bond acceptors (Lipinski definition) is 6. The molecule has 0 spiro atoms. The average Bonchev–Trinajstić information content (AvgIpc) is 3.28. The van der Waals surface area contributed by atoms with Crippen molar-refractivity contribution in [3.63, 3.8) is 0 Å². The number of hydrogen-bond donors (Lipinski definition) is 5. The Hall–Kier alpha value is -3.66. The number of carbonyl (C=O) groups is 3. The molecule has 1 heterocycles. The molecule has 10 heteroatoms. The molecule has 2 aromatic carbocycles. The number of urea groups is 1. The molecule has 5 rings (SSSR count). The van der Waals surface area contributed by atoms with Crippen molar-refractivity contribution in [2.24, 2.45) is 5.92 Å². The van der Waals surface area contributed by atoms with Crippen molar-refractivity contribution in [1.82, 2.24) is 15.6 Å². The van der Waals surface area contributed by atoms with Gasteiger partial charge in [0, 0.05) is 11.6 Å². The molecule has 2 unspecified atom stereocenters. The summed E-state index contributed by atoms with van der Waals surface area (Å²) in [7, 11) is 0. The lowest BCUT2D eigenvalue weighted by Gasteiger charge is -2.19. The maximum absolute atomic E-state index is 13.2. The fraction of sp³-hybridized carbons (Fsp3) is 0.273. The molecule has 3 aromatic rings. The zero-order chi connectivity index (χ0) is 22.4. The van der Waals surface area contributed by atoms with Crippen molar-refractivity contribution in [3.05, 3.63) is 52.5 Å². The molecule has 0 saturated heterocycles. The summed E-state index contributed by atoms with van der Waals surface area (Å²) in [5, 5.41) is 28.3. The number of aromatic hydroxyl groups is 1. The van der Waals surface area contributed by atoms with Crippen LogP contribution in [0.15, 0.2) is 35.8 Å². The van der Waals surface area contributed by atoms with Gasteiger partial charge in [-0.2, -0.15) is 0 Å². The number of nitrogens with zero attached hydrogens (tertiary/aromatic N) is 1. The molecule has 2 atom stereocenters. The zero-order valence-corrected chi connectivity index (χ0v) is 17.6. The highest BCUT2D eigenvalue weighted by Gasteiger charge is 2.40. The Labute approximate surface area is 186 Å². The van der Waals surface area contributed by atoms with Crippen LogP contribution in [0.5, 0.6) is 5.75 Å². The molecule has 164 valence electrons. The Balaban J connectivity index is 1.42. The van der Waals surface area contributed by atoms with Crippen molar-refractivity contribution in [3.8, 4) is 5.75 Å². The Morgan fingerprint density at radius 2 is 1.91 bits per heavy atom. The minimum atomic E-state index is -1.05.